The summed E-state index contributed by atoms with van der Waals surface area (Å²) in [4.78, 5) is 25.2. The van der Waals surface area contributed by atoms with Gasteiger partial charge < -0.3 is 14.7 Å². The zero-order valence-corrected chi connectivity index (χ0v) is 14.0. The molecule has 1 aromatic carbocycles. The molecule has 126 valence electrons. The molecule has 0 bridgehead atoms. The molecule has 0 aliphatic carbocycles. The first-order chi connectivity index (χ1) is 10.9. The fourth-order valence-corrected chi connectivity index (χ4v) is 2.86. The highest BCUT2D eigenvalue weighted by Gasteiger charge is 2.37. The van der Waals surface area contributed by atoms with E-state index in [0.717, 1.165) is 11.3 Å². The Hall–Kier alpha value is -2.04. The van der Waals surface area contributed by atoms with Gasteiger partial charge in [0, 0.05) is 12.6 Å². The molecule has 1 saturated heterocycles. The van der Waals surface area contributed by atoms with Crippen LogP contribution in [-0.4, -0.2) is 41.1 Å². The first-order valence-electron chi connectivity index (χ1n) is 8.12. The van der Waals surface area contributed by atoms with Gasteiger partial charge in [-0.2, -0.15) is 0 Å². The third-order valence-electron chi connectivity index (χ3n) is 4.25. The van der Waals surface area contributed by atoms with Gasteiger partial charge in [-0.3, -0.25) is 9.59 Å². The maximum atomic E-state index is 12.4. The largest absolute Gasteiger partial charge is 0.493 e. The molecule has 0 saturated carbocycles. The van der Waals surface area contributed by atoms with Gasteiger partial charge in [0.15, 0.2) is 0 Å². The van der Waals surface area contributed by atoms with Gasteiger partial charge in [0.2, 0.25) is 5.91 Å². The van der Waals surface area contributed by atoms with E-state index in [9.17, 15) is 9.59 Å². The van der Waals surface area contributed by atoms with Gasteiger partial charge in [-0.05, 0) is 37.0 Å². The summed E-state index contributed by atoms with van der Waals surface area (Å²) < 4.78 is 5.62. The number of carbonyl (C=O) groups is 2. The summed E-state index contributed by atoms with van der Waals surface area (Å²) in [5.74, 6) is -0.0206. The molecule has 5 nitrogen and oxygen atoms in total. The topological polar surface area (TPSA) is 66.8 Å². The van der Waals surface area contributed by atoms with Crippen LogP contribution in [0.3, 0.4) is 0 Å². The second-order valence-corrected chi connectivity index (χ2v) is 6.59. The van der Waals surface area contributed by atoms with Crippen molar-refractivity contribution in [3.8, 4) is 5.75 Å². The van der Waals surface area contributed by atoms with E-state index < -0.39 is 11.9 Å². The Morgan fingerprint density at radius 3 is 2.48 bits per heavy atom. The molecule has 23 heavy (non-hydrogen) atoms. The minimum absolute atomic E-state index is 0.0166. The summed E-state index contributed by atoms with van der Waals surface area (Å²) in [6.07, 6.45) is 0.825. The van der Waals surface area contributed by atoms with Crippen LogP contribution in [0.5, 0.6) is 5.75 Å². The number of carboxylic acids is 1. The van der Waals surface area contributed by atoms with E-state index in [1.54, 1.807) is 4.90 Å². The Bertz CT molecular complexity index is 553. The fourth-order valence-electron chi connectivity index (χ4n) is 2.86. The maximum Gasteiger partial charge on any atom is 0.308 e. The van der Waals surface area contributed by atoms with Gasteiger partial charge in [0.05, 0.1) is 18.9 Å². The Morgan fingerprint density at radius 1 is 1.30 bits per heavy atom. The lowest BCUT2D eigenvalue weighted by Crippen LogP contribution is -2.38. The summed E-state index contributed by atoms with van der Waals surface area (Å²) in [6, 6.07) is 7.29. The van der Waals surface area contributed by atoms with Crippen molar-refractivity contribution in [3.05, 3.63) is 29.8 Å². The van der Waals surface area contributed by atoms with E-state index in [0.29, 0.717) is 31.9 Å². The number of rotatable bonds is 6. The molecule has 0 spiro atoms. The highest BCUT2D eigenvalue weighted by molar-refractivity contribution is 5.81. The van der Waals surface area contributed by atoms with Crippen LogP contribution >= 0.6 is 0 Å². The number of aliphatic carboxylic acids is 1. The number of carboxylic acid groups (broad SMARTS) is 1. The number of nitrogens with zero attached hydrogens (tertiary/aromatic N) is 1. The third kappa shape index (κ3) is 4.47. The number of hydrogen-bond donors (Lipinski definition) is 1. The summed E-state index contributed by atoms with van der Waals surface area (Å²) in [5.41, 5.74) is 0.915. The molecule has 1 amide bonds. The molecule has 0 aromatic heterocycles. The number of likely N-dealkylation sites (tertiary alicyclic amines) is 1. The summed E-state index contributed by atoms with van der Waals surface area (Å²) in [7, 11) is 0. The van der Waals surface area contributed by atoms with Crippen LogP contribution in [0.2, 0.25) is 0 Å². The highest BCUT2D eigenvalue weighted by Crippen LogP contribution is 2.25. The zero-order chi connectivity index (χ0) is 17.0. The number of amides is 1. The molecule has 1 aromatic rings. The van der Waals surface area contributed by atoms with Gasteiger partial charge >= 0.3 is 5.97 Å². The monoisotopic (exact) mass is 319 g/mol. The Kier molecular flexibility index (Phi) is 5.64. The molecular weight excluding hydrogens is 294 g/mol. The molecule has 2 rings (SSSR count). The van der Waals surface area contributed by atoms with Crippen LogP contribution in [-0.2, 0) is 16.0 Å². The van der Waals surface area contributed by atoms with Crippen LogP contribution in [0.4, 0.5) is 0 Å². The summed E-state index contributed by atoms with van der Waals surface area (Å²) in [5, 5.41) is 9.14. The van der Waals surface area contributed by atoms with E-state index in [1.807, 2.05) is 31.2 Å². The van der Waals surface area contributed by atoms with Crippen molar-refractivity contribution in [2.75, 3.05) is 13.2 Å². The van der Waals surface area contributed by atoms with E-state index in [-0.39, 0.29) is 11.9 Å². The van der Waals surface area contributed by atoms with E-state index >= 15 is 0 Å². The van der Waals surface area contributed by atoms with Crippen molar-refractivity contribution in [3.63, 3.8) is 0 Å². The minimum atomic E-state index is -0.820. The fraction of sp³-hybridized carbons (Fsp3) is 0.556. The van der Waals surface area contributed by atoms with Crippen molar-refractivity contribution in [2.24, 2.45) is 11.8 Å². The standard InChI is InChI=1S/C18H25NO4/c1-12(2)11-23-15-6-4-14(5-7-15)10-17(20)19-9-8-16(13(19)3)18(21)22/h4-7,12-13,16H,8-11H2,1-3H3,(H,21,22). The summed E-state index contributed by atoms with van der Waals surface area (Å²) in [6.45, 7) is 7.18. The quantitative estimate of drug-likeness (QED) is 0.875. The normalized spacial score (nSPS) is 20.8. The lowest BCUT2D eigenvalue weighted by atomic mass is 10.0. The maximum absolute atomic E-state index is 12.4. The molecule has 1 N–H and O–H groups in total. The molecule has 1 aliphatic heterocycles. The van der Waals surface area contributed by atoms with Crippen molar-refractivity contribution in [1.29, 1.82) is 0 Å². The summed E-state index contributed by atoms with van der Waals surface area (Å²) >= 11 is 0. The van der Waals surface area contributed by atoms with Crippen LogP contribution < -0.4 is 4.74 Å². The Balaban J connectivity index is 1.92. The van der Waals surface area contributed by atoms with Gasteiger partial charge in [-0.25, -0.2) is 0 Å². The Morgan fingerprint density at radius 2 is 1.96 bits per heavy atom. The average molecular weight is 319 g/mol. The van der Waals surface area contributed by atoms with Crippen LogP contribution in [0.25, 0.3) is 0 Å². The number of hydrogen-bond acceptors (Lipinski definition) is 3. The van der Waals surface area contributed by atoms with Crippen LogP contribution in [0, 0.1) is 11.8 Å². The van der Waals surface area contributed by atoms with Crippen molar-refractivity contribution < 1.29 is 19.4 Å². The molecule has 5 heteroatoms. The van der Waals surface area contributed by atoms with Crippen molar-refractivity contribution in [2.45, 2.75) is 39.7 Å². The van der Waals surface area contributed by atoms with E-state index in [2.05, 4.69) is 13.8 Å². The predicted octanol–water partition coefficient (Wildman–Crippen LogP) is 2.59. The SMILES string of the molecule is CC(C)COc1ccc(CC(=O)N2CCC(C(=O)O)C2C)cc1. The average Bonchev–Trinajstić information content (AvgIpc) is 2.88. The van der Waals surface area contributed by atoms with Crippen LogP contribution in [0.15, 0.2) is 24.3 Å². The first-order valence-corrected chi connectivity index (χ1v) is 8.12. The van der Waals surface area contributed by atoms with Crippen LogP contribution in [0.1, 0.15) is 32.8 Å². The van der Waals surface area contributed by atoms with Gasteiger partial charge in [0.1, 0.15) is 5.75 Å². The highest BCUT2D eigenvalue weighted by atomic mass is 16.5. The molecule has 1 aliphatic rings. The van der Waals surface area contributed by atoms with Gasteiger partial charge in [-0.1, -0.05) is 26.0 Å². The Labute approximate surface area is 137 Å². The lowest BCUT2D eigenvalue weighted by Gasteiger charge is -2.23. The number of benzene rings is 1. The van der Waals surface area contributed by atoms with E-state index in [1.165, 1.54) is 0 Å². The second kappa shape index (κ2) is 7.49. The smallest absolute Gasteiger partial charge is 0.308 e. The zero-order valence-electron chi connectivity index (χ0n) is 14.0. The second-order valence-electron chi connectivity index (χ2n) is 6.59. The molecule has 2 atom stereocenters. The lowest BCUT2D eigenvalue weighted by molar-refractivity contribution is -0.143. The molecule has 2 unspecified atom stereocenters. The molecule has 0 radical (unpaired) electrons. The van der Waals surface area contributed by atoms with Gasteiger partial charge in [-0.15, -0.1) is 0 Å². The van der Waals surface area contributed by atoms with Gasteiger partial charge in [0.25, 0.3) is 0 Å². The molecule has 1 fully saturated rings. The van der Waals surface area contributed by atoms with Crippen molar-refractivity contribution >= 4 is 11.9 Å². The third-order valence-corrected chi connectivity index (χ3v) is 4.25. The molecular formula is C18H25NO4. The number of ether oxygens (including phenoxy) is 1. The first kappa shape index (κ1) is 17.3. The number of carbonyl (C=O) groups excluding carboxylic acids is 1. The minimum Gasteiger partial charge on any atom is -0.493 e. The predicted molar refractivity (Wildman–Crippen MR) is 87.4 cm³/mol. The van der Waals surface area contributed by atoms with Crippen molar-refractivity contribution in [1.82, 2.24) is 4.90 Å². The van der Waals surface area contributed by atoms with E-state index in [4.69, 9.17) is 9.84 Å². The molecule has 1 heterocycles.